The van der Waals surface area contributed by atoms with Crippen LogP contribution in [0.3, 0.4) is 0 Å². The second-order valence-electron chi connectivity index (χ2n) is 4.93. The van der Waals surface area contributed by atoms with Crippen molar-refractivity contribution >= 4 is 17.2 Å². The lowest BCUT2D eigenvalue weighted by molar-refractivity contribution is -0.127. The first-order valence-corrected chi connectivity index (χ1v) is 7.58. The number of aromatic nitrogens is 2. The third-order valence-corrected chi connectivity index (χ3v) is 4.42. The Labute approximate surface area is 116 Å². The summed E-state index contributed by atoms with van der Waals surface area (Å²) >= 11 is 1.67. The zero-order valence-electron chi connectivity index (χ0n) is 10.7. The Morgan fingerprint density at radius 3 is 3.05 bits per heavy atom. The van der Waals surface area contributed by atoms with Gasteiger partial charge in [0.25, 0.3) is 0 Å². The van der Waals surface area contributed by atoms with Gasteiger partial charge in [-0.1, -0.05) is 6.42 Å². The molecule has 0 spiro atoms. The summed E-state index contributed by atoms with van der Waals surface area (Å²) in [4.78, 5) is 11.9. The number of carbonyl (C=O) groups excluding carboxylic acids is 1. The fourth-order valence-corrected chi connectivity index (χ4v) is 3.01. The van der Waals surface area contributed by atoms with Gasteiger partial charge >= 0.3 is 0 Å². The second-order valence-corrected chi connectivity index (χ2v) is 5.71. The number of thiophene rings is 1. The van der Waals surface area contributed by atoms with Crippen LogP contribution < -0.4 is 5.32 Å². The fraction of sp³-hybridized carbons (Fsp3) is 0.429. The van der Waals surface area contributed by atoms with Crippen LogP contribution in [0.15, 0.2) is 35.3 Å². The Kier molecular flexibility index (Phi) is 3.64. The summed E-state index contributed by atoms with van der Waals surface area (Å²) in [7, 11) is 0. The molecule has 3 rings (SSSR count). The smallest absolute Gasteiger partial charge is 0.223 e. The normalized spacial score (nSPS) is 16.8. The third-order valence-electron chi connectivity index (χ3n) is 3.72. The highest BCUT2D eigenvalue weighted by Crippen LogP contribution is 2.26. The summed E-state index contributed by atoms with van der Waals surface area (Å²) in [6.45, 7) is 0.605. The first-order valence-electron chi connectivity index (χ1n) is 6.63. The largest absolute Gasteiger partial charge is 0.353 e. The molecule has 1 aliphatic rings. The molecule has 19 heavy (non-hydrogen) atoms. The summed E-state index contributed by atoms with van der Waals surface area (Å²) in [6, 6.07) is 4.09. The van der Waals surface area contributed by atoms with Gasteiger partial charge in [0.2, 0.25) is 5.91 Å². The zero-order chi connectivity index (χ0) is 13.1. The van der Waals surface area contributed by atoms with Crippen molar-refractivity contribution in [3.05, 3.63) is 40.8 Å². The molecule has 0 aliphatic heterocycles. The average Bonchev–Trinajstić information content (AvgIpc) is 2.98. The fourth-order valence-electron chi connectivity index (χ4n) is 2.31. The number of carbonyl (C=O) groups is 1. The molecule has 2 aromatic rings. The molecule has 2 aromatic heterocycles. The van der Waals surface area contributed by atoms with Gasteiger partial charge in [-0.15, -0.1) is 0 Å². The van der Waals surface area contributed by atoms with E-state index < -0.39 is 0 Å². The molecule has 1 amide bonds. The number of hydrogen-bond donors (Lipinski definition) is 1. The van der Waals surface area contributed by atoms with Crippen molar-refractivity contribution < 1.29 is 4.79 Å². The summed E-state index contributed by atoms with van der Waals surface area (Å²) in [5, 5.41) is 11.5. The van der Waals surface area contributed by atoms with Gasteiger partial charge in [-0.2, -0.15) is 16.4 Å². The first-order chi connectivity index (χ1) is 9.34. The summed E-state index contributed by atoms with van der Waals surface area (Å²) in [6.07, 6.45) is 6.98. The molecule has 1 fully saturated rings. The number of nitrogens with zero attached hydrogens (tertiary/aromatic N) is 2. The van der Waals surface area contributed by atoms with Gasteiger partial charge in [-0.05, 0) is 41.3 Å². The molecule has 5 heteroatoms. The van der Waals surface area contributed by atoms with Crippen molar-refractivity contribution in [1.29, 1.82) is 0 Å². The highest BCUT2D eigenvalue weighted by Gasteiger charge is 2.26. The standard InChI is InChI=1S/C14H17N3OS/c18-14(11-3-1-4-11)15-9-13(12-5-8-19-10-12)17-7-2-6-16-17/h2,5-8,10-11,13H,1,3-4,9H2,(H,15,18)/t13-/m1/s1. The molecule has 0 aromatic carbocycles. The quantitative estimate of drug-likeness (QED) is 0.911. The molecular formula is C14H17N3OS. The van der Waals surface area contributed by atoms with E-state index in [0.29, 0.717) is 6.54 Å². The highest BCUT2D eigenvalue weighted by atomic mass is 32.1. The molecule has 0 saturated heterocycles. The van der Waals surface area contributed by atoms with Gasteiger partial charge in [-0.3, -0.25) is 9.48 Å². The number of nitrogens with one attached hydrogen (secondary N) is 1. The van der Waals surface area contributed by atoms with Crippen molar-refractivity contribution in [3.8, 4) is 0 Å². The van der Waals surface area contributed by atoms with Crippen LogP contribution >= 0.6 is 11.3 Å². The van der Waals surface area contributed by atoms with Gasteiger partial charge in [0, 0.05) is 24.9 Å². The van der Waals surface area contributed by atoms with E-state index in [4.69, 9.17) is 0 Å². The lowest BCUT2D eigenvalue weighted by Gasteiger charge is -2.25. The molecule has 0 radical (unpaired) electrons. The first kappa shape index (κ1) is 12.4. The van der Waals surface area contributed by atoms with E-state index in [9.17, 15) is 4.79 Å². The molecule has 100 valence electrons. The predicted octanol–water partition coefficient (Wildman–Crippen LogP) is 2.45. The third kappa shape index (κ3) is 2.71. The summed E-state index contributed by atoms with van der Waals surface area (Å²) in [5.74, 6) is 0.430. The minimum absolute atomic E-state index is 0.0882. The van der Waals surface area contributed by atoms with Gasteiger partial charge in [0.15, 0.2) is 0 Å². The van der Waals surface area contributed by atoms with Crippen molar-refractivity contribution in [2.45, 2.75) is 25.3 Å². The van der Waals surface area contributed by atoms with Gasteiger partial charge in [0.1, 0.15) is 0 Å². The zero-order valence-corrected chi connectivity index (χ0v) is 11.5. The molecule has 0 unspecified atom stereocenters. The van der Waals surface area contributed by atoms with Gasteiger partial charge in [-0.25, -0.2) is 0 Å². The monoisotopic (exact) mass is 275 g/mol. The number of hydrogen-bond acceptors (Lipinski definition) is 3. The van der Waals surface area contributed by atoms with Crippen molar-refractivity contribution in [3.63, 3.8) is 0 Å². The van der Waals surface area contributed by atoms with Crippen LogP contribution in [-0.2, 0) is 4.79 Å². The van der Waals surface area contributed by atoms with Crippen LogP contribution in [-0.4, -0.2) is 22.2 Å². The Bertz CT molecular complexity index is 483. The molecule has 1 N–H and O–H groups in total. The summed E-state index contributed by atoms with van der Waals surface area (Å²) in [5.41, 5.74) is 1.20. The SMILES string of the molecule is O=C(NC[C@H](c1ccsc1)n1cccn1)C1CCC1. The predicted molar refractivity (Wildman–Crippen MR) is 75.0 cm³/mol. The Morgan fingerprint density at radius 1 is 1.58 bits per heavy atom. The molecule has 4 nitrogen and oxygen atoms in total. The van der Waals surface area contributed by atoms with Gasteiger partial charge in [0.05, 0.1) is 6.04 Å². The second kappa shape index (κ2) is 5.57. The van der Waals surface area contributed by atoms with E-state index in [1.807, 2.05) is 16.9 Å². The molecule has 1 aliphatic carbocycles. The van der Waals surface area contributed by atoms with Crippen LogP contribution in [0.5, 0.6) is 0 Å². The maximum absolute atomic E-state index is 11.9. The Morgan fingerprint density at radius 2 is 2.47 bits per heavy atom. The highest BCUT2D eigenvalue weighted by molar-refractivity contribution is 7.07. The maximum Gasteiger partial charge on any atom is 0.223 e. The van der Waals surface area contributed by atoms with E-state index in [1.54, 1.807) is 17.5 Å². The van der Waals surface area contributed by atoms with Gasteiger partial charge < -0.3 is 5.32 Å². The molecule has 2 heterocycles. The van der Waals surface area contributed by atoms with E-state index >= 15 is 0 Å². The molecular weight excluding hydrogens is 258 g/mol. The van der Waals surface area contributed by atoms with E-state index in [2.05, 4.69) is 27.2 Å². The average molecular weight is 275 g/mol. The number of amides is 1. The van der Waals surface area contributed by atoms with Crippen LogP contribution in [0.4, 0.5) is 0 Å². The molecule has 1 atom stereocenters. The van der Waals surface area contributed by atoms with Crippen LogP contribution in [0.25, 0.3) is 0 Å². The maximum atomic E-state index is 11.9. The van der Waals surface area contributed by atoms with Crippen LogP contribution in [0, 0.1) is 5.92 Å². The topological polar surface area (TPSA) is 46.9 Å². The van der Waals surface area contributed by atoms with Crippen LogP contribution in [0.1, 0.15) is 30.9 Å². The molecule has 0 bridgehead atoms. The van der Waals surface area contributed by atoms with E-state index in [-0.39, 0.29) is 17.9 Å². The van der Waals surface area contributed by atoms with Crippen molar-refractivity contribution in [2.75, 3.05) is 6.54 Å². The Balaban J connectivity index is 1.68. The van der Waals surface area contributed by atoms with Crippen molar-refractivity contribution in [2.24, 2.45) is 5.92 Å². The Hall–Kier alpha value is -1.62. The minimum Gasteiger partial charge on any atom is -0.353 e. The van der Waals surface area contributed by atoms with E-state index in [0.717, 1.165) is 12.8 Å². The van der Waals surface area contributed by atoms with E-state index in [1.165, 1.54) is 12.0 Å². The lowest BCUT2D eigenvalue weighted by Crippen LogP contribution is -2.38. The molecule has 1 saturated carbocycles. The minimum atomic E-state index is 0.0882. The van der Waals surface area contributed by atoms with Crippen molar-refractivity contribution in [1.82, 2.24) is 15.1 Å². The summed E-state index contributed by atoms with van der Waals surface area (Å²) < 4.78 is 1.91. The number of rotatable bonds is 5. The lowest BCUT2D eigenvalue weighted by atomic mass is 9.85. The van der Waals surface area contributed by atoms with Crippen LogP contribution in [0.2, 0.25) is 0 Å².